The summed E-state index contributed by atoms with van der Waals surface area (Å²) in [6.45, 7) is 0. The summed E-state index contributed by atoms with van der Waals surface area (Å²) in [6, 6.07) is 9.51. The van der Waals surface area contributed by atoms with Gasteiger partial charge in [0.05, 0.1) is 0 Å². The molecule has 1 aromatic heterocycles. The molecular formula is C15H18N2O2. The van der Waals surface area contributed by atoms with Crippen molar-refractivity contribution in [2.45, 2.75) is 37.8 Å². The molecule has 1 amide bonds. The second kappa shape index (κ2) is 5.05. The SMILES string of the molecule is N[C@@H]1CCCC[C@H]1NC(=O)c1cc2ccccc2o1. The average molecular weight is 258 g/mol. The third-order valence-electron chi connectivity index (χ3n) is 3.79. The first-order chi connectivity index (χ1) is 9.24. The molecule has 1 aliphatic carbocycles. The number of amides is 1. The van der Waals surface area contributed by atoms with E-state index in [4.69, 9.17) is 10.2 Å². The van der Waals surface area contributed by atoms with Crippen molar-refractivity contribution in [1.29, 1.82) is 0 Å². The van der Waals surface area contributed by atoms with Gasteiger partial charge in [0.15, 0.2) is 5.76 Å². The highest BCUT2D eigenvalue weighted by Crippen LogP contribution is 2.20. The van der Waals surface area contributed by atoms with Crippen molar-refractivity contribution in [1.82, 2.24) is 5.32 Å². The quantitative estimate of drug-likeness (QED) is 0.869. The van der Waals surface area contributed by atoms with E-state index in [1.165, 1.54) is 0 Å². The van der Waals surface area contributed by atoms with Crippen molar-refractivity contribution >= 4 is 16.9 Å². The molecule has 0 aliphatic heterocycles. The largest absolute Gasteiger partial charge is 0.451 e. The number of carbonyl (C=O) groups is 1. The van der Waals surface area contributed by atoms with Crippen LogP contribution in [0.2, 0.25) is 0 Å². The van der Waals surface area contributed by atoms with Gasteiger partial charge in [-0.2, -0.15) is 0 Å². The van der Waals surface area contributed by atoms with Gasteiger partial charge in [-0.15, -0.1) is 0 Å². The molecule has 0 unspecified atom stereocenters. The first-order valence-corrected chi connectivity index (χ1v) is 6.79. The Morgan fingerprint density at radius 3 is 2.84 bits per heavy atom. The zero-order chi connectivity index (χ0) is 13.2. The zero-order valence-corrected chi connectivity index (χ0v) is 10.8. The maximum absolute atomic E-state index is 12.2. The summed E-state index contributed by atoms with van der Waals surface area (Å²) in [5.74, 6) is 0.192. The Hall–Kier alpha value is -1.81. The van der Waals surface area contributed by atoms with E-state index in [0.717, 1.165) is 36.7 Å². The van der Waals surface area contributed by atoms with Crippen LogP contribution in [0.15, 0.2) is 34.7 Å². The van der Waals surface area contributed by atoms with E-state index in [1.54, 1.807) is 6.07 Å². The predicted octanol–water partition coefficient (Wildman–Crippen LogP) is 2.43. The molecular weight excluding hydrogens is 240 g/mol. The van der Waals surface area contributed by atoms with Gasteiger partial charge in [0.25, 0.3) is 5.91 Å². The second-order valence-corrected chi connectivity index (χ2v) is 5.18. The summed E-state index contributed by atoms with van der Waals surface area (Å²) in [6.07, 6.45) is 4.20. The minimum Gasteiger partial charge on any atom is -0.451 e. The Kier molecular flexibility index (Phi) is 3.25. The van der Waals surface area contributed by atoms with Crippen molar-refractivity contribution in [2.75, 3.05) is 0 Å². The van der Waals surface area contributed by atoms with Crippen LogP contribution in [0.4, 0.5) is 0 Å². The first-order valence-electron chi connectivity index (χ1n) is 6.79. The van der Waals surface area contributed by atoms with Crippen LogP contribution in [-0.4, -0.2) is 18.0 Å². The lowest BCUT2D eigenvalue weighted by Gasteiger charge is -2.28. The summed E-state index contributed by atoms with van der Waals surface area (Å²) in [5.41, 5.74) is 6.77. The Labute approximate surface area is 112 Å². The van der Waals surface area contributed by atoms with Gasteiger partial charge in [0.1, 0.15) is 5.58 Å². The topological polar surface area (TPSA) is 68.3 Å². The van der Waals surface area contributed by atoms with Crippen molar-refractivity contribution in [2.24, 2.45) is 5.73 Å². The van der Waals surface area contributed by atoms with Gasteiger partial charge in [0, 0.05) is 17.5 Å². The summed E-state index contributed by atoms with van der Waals surface area (Å²) in [5, 5.41) is 3.93. The molecule has 0 radical (unpaired) electrons. The van der Waals surface area contributed by atoms with Gasteiger partial charge in [-0.3, -0.25) is 4.79 Å². The number of para-hydroxylation sites is 1. The van der Waals surface area contributed by atoms with Crippen LogP contribution in [0.5, 0.6) is 0 Å². The van der Waals surface area contributed by atoms with Crippen LogP contribution >= 0.6 is 0 Å². The zero-order valence-electron chi connectivity index (χ0n) is 10.8. The number of hydrogen-bond acceptors (Lipinski definition) is 3. The summed E-state index contributed by atoms with van der Waals surface area (Å²) in [4.78, 5) is 12.2. The molecule has 2 atom stereocenters. The molecule has 3 rings (SSSR count). The van der Waals surface area contributed by atoms with Gasteiger partial charge in [-0.1, -0.05) is 31.0 Å². The number of fused-ring (bicyclic) bond motifs is 1. The molecule has 1 aliphatic rings. The third kappa shape index (κ3) is 2.49. The maximum atomic E-state index is 12.2. The predicted molar refractivity (Wildman–Crippen MR) is 73.9 cm³/mol. The van der Waals surface area contributed by atoms with Crippen molar-refractivity contribution in [3.63, 3.8) is 0 Å². The lowest BCUT2D eigenvalue weighted by atomic mass is 9.91. The van der Waals surface area contributed by atoms with Crippen LogP contribution in [0.25, 0.3) is 11.0 Å². The molecule has 2 aromatic rings. The van der Waals surface area contributed by atoms with Crippen LogP contribution in [0.1, 0.15) is 36.2 Å². The minimum atomic E-state index is -0.168. The summed E-state index contributed by atoms with van der Waals surface area (Å²) >= 11 is 0. The number of nitrogens with two attached hydrogens (primary N) is 1. The van der Waals surface area contributed by atoms with Gasteiger partial charge in [0.2, 0.25) is 0 Å². The van der Waals surface area contributed by atoms with Gasteiger partial charge >= 0.3 is 0 Å². The van der Waals surface area contributed by atoms with E-state index in [9.17, 15) is 4.79 Å². The number of nitrogens with one attached hydrogen (secondary N) is 1. The summed E-state index contributed by atoms with van der Waals surface area (Å²) < 4.78 is 5.55. The van der Waals surface area contributed by atoms with Gasteiger partial charge < -0.3 is 15.5 Å². The monoisotopic (exact) mass is 258 g/mol. The van der Waals surface area contributed by atoms with E-state index in [1.807, 2.05) is 24.3 Å². The van der Waals surface area contributed by atoms with Crippen LogP contribution in [0.3, 0.4) is 0 Å². The van der Waals surface area contributed by atoms with E-state index in [2.05, 4.69) is 5.32 Å². The number of hydrogen-bond donors (Lipinski definition) is 2. The Balaban J connectivity index is 1.76. The molecule has 1 fully saturated rings. The van der Waals surface area contributed by atoms with Crippen LogP contribution in [0, 0.1) is 0 Å². The highest BCUT2D eigenvalue weighted by Gasteiger charge is 2.24. The van der Waals surface area contributed by atoms with Gasteiger partial charge in [-0.25, -0.2) is 0 Å². The minimum absolute atomic E-state index is 0.0575. The molecule has 100 valence electrons. The number of rotatable bonds is 2. The van der Waals surface area contributed by atoms with E-state index < -0.39 is 0 Å². The molecule has 4 heteroatoms. The second-order valence-electron chi connectivity index (χ2n) is 5.18. The number of benzene rings is 1. The number of furan rings is 1. The average Bonchev–Trinajstić information content (AvgIpc) is 2.85. The molecule has 3 N–H and O–H groups in total. The van der Waals surface area contributed by atoms with E-state index in [0.29, 0.717) is 5.76 Å². The van der Waals surface area contributed by atoms with E-state index >= 15 is 0 Å². The molecule has 1 heterocycles. The molecule has 4 nitrogen and oxygen atoms in total. The highest BCUT2D eigenvalue weighted by molar-refractivity contribution is 5.96. The first kappa shape index (κ1) is 12.2. The van der Waals surface area contributed by atoms with Crippen molar-refractivity contribution in [3.05, 3.63) is 36.1 Å². The Morgan fingerprint density at radius 1 is 1.26 bits per heavy atom. The van der Waals surface area contributed by atoms with Crippen molar-refractivity contribution in [3.8, 4) is 0 Å². The Morgan fingerprint density at radius 2 is 2.05 bits per heavy atom. The number of carbonyl (C=O) groups excluding carboxylic acids is 1. The molecule has 0 saturated heterocycles. The highest BCUT2D eigenvalue weighted by atomic mass is 16.3. The summed E-state index contributed by atoms with van der Waals surface area (Å²) in [7, 11) is 0. The molecule has 1 saturated carbocycles. The molecule has 0 bridgehead atoms. The normalized spacial score (nSPS) is 23.4. The van der Waals surface area contributed by atoms with Crippen molar-refractivity contribution < 1.29 is 9.21 Å². The molecule has 1 aromatic carbocycles. The van der Waals surface area contributed by atoms with Crippen LogP contribution < -0.4 is 11.1 Å². The lowest BCUT2D eigenvalue weighted by Crippen LogP contribution is -2.49. The molecule has 19 heavy (non-hydrogen) atoms. The standard InChI is InChI=1S/C15H18N2O2/c16-11-6-2-3-7-12(11)17-15(18)14-9-10-5-1-4-8-13(10)19-14/h1,4-5,8-9,11-12H,2-3,6-7,16H2,(H,17,18)/t11-,12-/m1/s1. The van der Waals surface area contributed by atoms with E-state index in [-0.39, 0.29) is 18.0 Å². The fourth-order valence-electron chi connectivity index (χ4n) is 2.67. The Bertz CT molecular complexity index is 558. The van der Waals surface area contributed by atoms with Gasteiger partial charge in [-0.05, 0) is 25.0 Å². The fourth-order valence-corrected chi connectivity index (χ4v) is 2.67. The lowest BCUT2D eigenvalue weighted by molar-refractivity contribution is 0.0895. The smallest absolute Gasteiger partial charge is 0.287 e. The third-order valence-corrected chi connectivity index (χ3v) is 3.79. The molecule has 0 spiro atoms. The van der Waals surface area contributed by atoms with Crippen LogP contribution in [-0.2, 0) is 0 Å². The fraction of sp³-hybridized carbons (Fsp3) is 0.400. The maximum Gasteiger partial charge on any atom is 0.287 e.